The van der Waals surface area contributed by atoms with E-state index in [-0.39, 0.29) is 12.2 Å². The topological polar surface area (TPSA) is 53.3 Å². The second-order valence-corrected chi connectivity index (χ2v) is 11.3. The number of allylic oxidation sites excluding steroid dienone is 1. The van der Waals surface area contributed by atoms with Gasteiger partial charge in [-0.1, -0.05) is 54.9 Å². The molecule has 1 unspecified atom stereocenters. The molecular formula is C33H32ClIN2O3. The molecule has 206 valence electrons. The number of halogens is 2. The van der Waals surface area contributed by atoms with Gasteiger partial charge >= 0.3 is 5.97 Å². The van der Waals surface area contributed by atoms with Gasteiger partial charge in [0.25, 0.3) is 0 Å². The Morgan fingerprint density at radius 2 is 1.90 bits per heavy atom. The number of hydrogen-bond donors (Lipinski definition) is 0. The molecule has 0 radical (unpaired) electrons. The standard InChI is InChI=1S/C33H32ClIN2O3/c1-3-27(28-15-14-26(34)20-29(28)35)33(23-11-8-22(9-12-23)10-17-32(38)39-4-2)24-13-16-30-25(19-24)21-36-37(30)31-7-5-6-18-40-31/h8-17,19-21,31H,3-7,18H2,1-2H3/b17-10+,33-27+. The molecule has 1 aliphatic heterocycles. The van der Waals surface area contributed by atoms with Crippen molar-refractivity contribution in [1.82, 2.24) is 9.78 Å². The Labute approximate surface area is 254 Å². The van der Waals surface area contributed by atoms with E-state index in [9.17, 15) is 4.79 Å². The van der Waals surface area contributed by atoms with Gasteiger partial charge in [0.15, 0.2) is 6.23 Å². The van der Waals surface area contributed by atoms with Gasteiger partial charge in [-0.05, 0) is 119 Å². The molecule has 0 spiro atoms. The number of ether oxygens (including phenoxy) is 2. The summed E-state index contributed by atoms with van der Waals surface area (Å²) in [6.45, 7) is 5.12. The van der Waals surface area contributed by atoms with Gasteiger partial charge in [0.1, 0.15) is 0 Å². The van der Waals surface area contributed by atoms with E-state index >= 15 is 0 Å². The Morgan fingerprint density at radius 3 is 2.60 bits per heavy atom. The molecule has 1 fully saturated rings. The van der Waals surface area contributed by atoms with Crippen LogP contribution in [0.1, 0.15) is 68.0 Å². The summed E-state index contributed by atoms with van der Waals surface area (Å²) in [6.07, 6.45) is 9.25. The Hall–Kier alpha value is -2.94. The first-order valence-electron chi connectivity index (χ1n) is 13.7. The van der Waals surface area contributed by atoms with Crippen LogP contribution in [0.25, 0.3) is 28.1 Å². The quantitative estimate of drug-likeness (QED) is 0.0816. The van der Waals surface area contributed by atoms with Crippen LogP contribution < -0.4 is 0 Å². The molecule has 0 saturated carbocycles. The SMILES string of the molecule is CCOC(=O)/C=C/c1ccc(/C(=C(/CC)c2ccc(Cl)cc2I)c2ccc3c(cnn3C3CCCCO3)c2)cc1. The van der Waals surface area contributed by atoms with Gasteiger partial charge < -0.3 is 9.47 Å². The van der Waals surface area contributed by atoms with Crippen molar-refractivity contribution in [3.63, 3.8) is 0 Å². The fourth-order valence-electron chi connectivity index (χ4n) is 5.22. The molecule has 4 aromatic rings. The molecular weight excluding hydrogens is 635 g/mol. The van der Waals surface area contributed by atoms with Crippen LogP contribution >= 0.6 is 34.2 Å². The largest absolute Gasteiger partial charge is 0.463 e. The summed E-state index contributed by atoms with van der Waals surface area (Å²) in [6, 6.07) is 20.9. The molecule has 1 saturated heterocycles. The molecule has 0 bridgehead atoms. The number of esters is 1. The van der Waals surface area contributed by atoms with Gasteiger partial charge in [0.05, 0.1) is 18.3 Å². The minimum atomic E-state index is -0.342. The Morgan fingerprint density at radius 1 is 1.10 bits per heavy atom. The van der Waals surface area contributed by atoms with E-state index in [1.54, 1.807) is 13.0 Å². The summed E-state index contributed by atoms with van der Waals surface area (Å²) in [7, 11) is 0. The maximum absolute atomic E-state index is 11.8. The van der Waals surface area contributed by atoms with Gasteiger partial charge in [-0.15, -0.1) is 0 Å². The van der Waals surface area contributed by atoms with Crippen LogP contribution in [0.4, 0.5) is 0 Å². The van der Waals surface area contributed by atoms with E-state index in [1.165, 1.54) is 17.2 Å². The highest BCUT2D eigenvalue weighted by molar-refractivity contribution is 14.1. The summed E-state index contributed by atoms with van der Waals surface area (Å²) >= 11 is 8.69. The third-order valence-electron chi connectivity index (χ3n) is 7.12. The number of nitrogens with zero attached hydrogens (tertiary/aromatic N) is 2. The monoisotopic (exact) mass is 666 g/mol. The highest BCUT2D eigenvalue weighted by Crippen LogP contribution is 2.38. The molecule has 40 heavy (non-hydrogen) atoms. The Bertz CT molecular complexity index is 1570. The van der Waals surface area contributed by atoms with Crippen LogP contribution in [0.5, 0.6) is 0 Å². The molecule has 5 rings (SSSR count). The van der Waals surface area contributed by atoms with Crippen LogP contribution in [-0.4, -0.2) is 29.0 Å². The molecule has 1 aromatic heterocycles. The van der Waals surface area contributed by atoms with E-state index in [2.05, 4.69) is 65.9 Å². The first-order valence-corrected chi connectivity index (χ1v) is 15.2. The van der Waals surface area contributed by atoms with Gasteiger partial charge in [0, 0.05) is 26.7 Å². The van der Waals surface area contributed by atoms with Crippen molar-refractivity contribution in [2.24, 2.45) is 0 Å². The molecule has 0 amide bonds. The van der Waals surface area contributed by atoms with Crippen molar-refractivity contribution < 1.29 is 14.3 Å². The van der Waals surface area contributed by atoms with Crippen LogP contribution in [0.3, 0.4) is 0 Å². The average Bonchev–Trinajstić information content (AvgIpc) is 3.40. The Balaban J connectivity index is 1.61. The number of hydrogen-bond acceptors (Lipinski definition) is 4. The Kier molecular flexibility index (Phi) is 9.40. The zero-order valence-electron chi connectivity index (χ0n) is 22.7. The van der Waals surface area contributed by atoms with Gasteiger partial charge in [-0.2, -0.15) is 5.10 Å². The van der Waals surface area contributed by atoms with Crippen molar-refractivity contribution in [3.05, 3.63) is 104 Å². The lowest BCUT2D eigenvalue weighted by molar-refractivity contribution is -0.137. The first-order chi connectivity index (χ1) is 19.5. The summed E-state index contributed by atoms with van der Waals surface area (Å²) in [5, 5.41) is 6.52. The zero-order chi connectivity index (χ0) is 28.1. The van der Waals surface area contributed by atoms with E-state index in [4.69, 9.17) is 26.2 Å². The van der Waals surface area contributed by atoms with Crippen LogP contribution in [0.15, 0.2) is 72.9 Å². The highest BCUT2D eigenvalue weighted by Gasteiger charge is 2.20. The lowest BCUT2D eigenvalue weighted by Gasteiger charge is -2.23. The lowest BCUT2D eigenvalue weighted by atomic mass is 9.87. The molecule has 1 aliphatic rings. The van der Waals surface area contributed by atoms with Crippen LogP contribution in [0, 0.1) is 3.57 Å². The summed E-state index contributed by atoms with van der Waals surface area (Å²) in [5.41, 5.74) is 7.78. The van der Waals surface area contributed by atoms with Crippen molar-refractivity contribution >= 4 is 68.3 Å². The van der Waals surface area contributed by atoms with Gasteiger partial charge in [0.2, 0.25) is 0 Å². The third-order valence-corrected chi connectivity index (χ3v) is 8.25. The van der Waals surface area contributed by atoms with Gasteiger partial charge in [-0.25, -0.2) is 9.48 Å². The van der Waals surface area contributed by atoms with Crippen LogP contribution in [0.2, 0.25) is 5.02 Å². The summed E-state index contributed by atoms with van der Waals surface area (Å²) in [5.74, 6) is -0.342. The minimum Gasteiger partial charge on any atom is -0.463 e. The third kappa shape index (κ3) is 6.35. The fraction of sp³-hybridized carbons (Fsp3) is 0.273. The van der Waals surface area contributed by atoms with E-state index < -0.39 is 0 Å². The second-order valence-electron chi connectivity index (χ2n) is 9.72. The molecule has 0 aliphatic carbocycles. The minimum absolute atomic E-state index is 0.0100. The number of rotatable bonds is 8. The number of carbonyl (C=O) groups is 1. The summed E-state index contributed by atoms with van der Waals surface area (Å²) in [4.78, 5) is 11.8. The molecule has 7 heteroatoms. The van der Waals surface area contributed by atoms with E-state index in [1.807, 2.05) is 35.1 Å². The summed E-state index contributed by atoms with van der Waals surface area (Å²) < 4.78 is 14.2. The van der Waals surface area contributed by atoms with E-state index in [0.717, 1.165) is 74.0 Å². The maximum atomic E-state index is 11.8. The normalized spacial score (nSPS) is 16.4. The number of fused-ring (bicyclic) bond motifs is 1. The molecule has 3 aromatic carbocycles. The highest BCUT2D eigenvalue weighted by atomic mass is 127. The fourth-order valence-corrected chi connectivity index (χ4v) is 6.42. The molecule has 0 N–H and O–H groups in total. The lowest BCUT2D eigenvalue weighted by Crippen LogP contribution is -2.18. The number of benzene rings is 3. The van der Waals surface area contributed by atoms with Crippen molar-refractivity contribution in [2.75, 3.05) is 13.2 Å². The van der Waals surface area contributed by atoms with E-state index in [0.29, 0.717) is 6.61 Å². The maximum Gasteiger partial charge on any atom is 0.330 e. The van der Waals surface area contributed by atoms with Crippen molar-refractivity contribution in [3.8, 4) is 0 Å². The second kappa shape index (κ2) is 13.1. The number of aromatic nitrogens is 2. The first kappa shape index (κ1) is 28.6. The number of carbonyl (C=O) groups excluding carboxylic acids is 1. The van der Waals surface area contributed by atoms with Gasteiger partial charge in [-0.3, -0.25) is 0 Å². The van der Waals surface area contributed by atoms with Crippen molar-refractivity contribution in [2.45, 2.75) is 45.8 Å². The smallest absolute Gasteiger partial charge is 0.330 e. The molecule has 5 nitrogen and oxygen atoms in total. The average molecular weight is 667 g/mol. The van der Waals surface area contributed by atoms with Crippen molar-refractivity contribution in [1.29, 1.82) is 0 Å². The van der Waals surface area contributed by atoms with Crippen LogP contribution in [-0.2, 0) is 14.3 Å². The molecule has 2 heterocycles. The zero-order valence-corrected chi connectivity index (χ0v) is 25.6. The predicted octanol–water partition coefficient (Wildman–Crippen LogP) is 8.94. The predicted molar refractivity (Wildman–Crippen MR) is 171 cm³/mol. The molecule has 1 atom stereocenters.